The highest BCUT2D eigenvalue weighted by atomic mass is 16.4. The van der Waals surface area contributed by atoms with Crippen molar-refractivity contribution >= 4 is 11.9 Å². The second kappa shape index (κ2) is 25.5. The van der Waals surface area contributed by atoms with Crippen LogP contribution < -0.4 is 5.32 Å². The molecule has 0 fully saturated rings. The number of carbonyl (C=O) groups excluding carboxylic acids is 1. The van der Waals surface area contributed by atoms with E-state index < -0.39 is 18.6 Å². The van der Waals surface area contributed by atoms with Crippen molar-refractivity contribution in [2.24, 2.45) is 0 Å². The van der Waals surface area contributed by atoms with Crippen molar-refractivity contribution in [2.45, 2.75) is 161 Å². The SMILES string of the molecule is CCCCCCCCCCCCCCCCCCCCCCCCC(=O)N[C@@H](CO)C(=O)O. The van der Waals surface area contributed by atoms with Crippen LogP contribution in [0.1, 0.15) is 155 Å². The van der Waals surface area contributed by atoms with E-state index in [1.54, 1.807) is 0 Å². The molecule has 0 spiro atoms. The second-order valence-electron chi connectivity index (χ2n) is 9.82. The maximum atomic E-state index is 11.6. The molecule has 5 nitrogen and oxygen atoms in total. The summed E-state index contributed by atoms with van der Waals surface area (Å²) in [5, 5.41) is 20.0. The molecule has 1 atom stereocenters. The maximum Gasteiger partial charge on any atom is 0.328 e. The third kappa shape index (κ3) is 23.8. The van der Waals surface area contributed by atoms with Crippen molar-refractivity contribution in [1.82, 2.24) is 5.32 Å². The number of hydrogen-bond acceptors (Lipinski definition) is 3. The van der Waals surface area contributed by atoms with Crippen molar-refractivity contribution in [3.8, 4) is 0 Å². The summed E-state index contributed by atoms with van der Waals surface area (Å²) in [6, 6.07) is -1.18. The van der Waals surface area contributed by atoms with Gasteiger partial charge in [0.05, 0.1) is 6.61 Å². The van der Waals surface area contributed by atoms with Gasteiger partial charge in [-0.1, -0.05) is 142 Å². The minimum absolute atomic E-state index is 0.287. The van der Waals surface area contributed by atoms with E-state index >= 15 is 0 Å². The molecule has 0 aliphatic rings. The number of aliphatic carboxylic acids is 1. The van der Waals surface area contributed by atoms with Gasteiger partial charge in [0.25, 0.3) is 0 Å². The summed E-state index contributed by atoms with van der Waals surface area (Å²) in [4.78, 5) is 22.4. The molecule has 1 amide bonds. The van der Waals surface area contributed by atoms with E-state index in [1.807, 2.05) is 0 Å². The molecule has 0 bridgehead atoms. The monoisotopic (exact) mass is 469 g/mol. The molecule has 33 heavy (non-hydrogen) atoms. The standard InChI is InChI=1S/C28H55NO4/c1-2-3-4-5-6-7-8-9-10-11-12-13-14-15-16-17-18-19-20-21-22-23-24-27(31)29-26(25-30)28(32)33/h26,30H,2-25H2,1H3,(H,29,31)(H,32,33)/t26-/m0/s1. The van der Waals surface area contributed by atoms with Crippen LogP contribution in [0.5, 0.6) is 0 Å². The van der Waals surface area contributed by atoms with Crippen LogP contribution in [0.15, 0.2) is 0 Å². The first kappa shape index (κ1) is 31.9. The highest BCUT2D eigenvalue weighted by Gasteiger charge is 2.17. The molecule has 0 aromatic rings. The topological polar surface area (TPSA) is 86.6 Å². The van der Waals surface area contributed by atoms with Crippen molar-refractivity contribution in [3.05, 3.63) is 0 Å². The highest BCUT2D eigenvalue weighted by Crippen LogP contribution is 2.15. The molecule has 196 valence electrons. The molecule has 0 aliphatic heterocycles. The first-order chi connectivity index (χ1) is 16.1. The number of unbranched alkanes of at least 4 members (excludes halogenated alkanes) is 21. The van der Waals surface area contributed by atoms with Gasteiger partial charge in [0.1, 0.15) is 6.04 Å². The third-order valence-electron chi connectivity index (χ3n) is 6.57. The average Bonchev–Trinajstić information content (AvgIpc) is 2.80. The molecule has 0 heterocycles. The molecule has 0 aromatic heterocycles. The van der Waals surface area contributed by atoms with Crippen LogP contribution in [0, 0.1) is 0 Å². The molecule has 0 unspecified atom stereocenters. The van der Waals surface area contributed by atoms with Crippen LogP contribution in [-0.2, 0) is 9.59 Å². The quantitative estimate of drug-likeness (QED) is 0.114. The normalized spacial score (nSPS) is 12.1. The number of hydrogen-bond donors (Lipinski definition) is 3. The van der Waals surface area contributed by atoms with Crippen molar-refractivity contribution in [3.63, 3.8) is 0 Å². The molecule has 0 radical (unpaired) electrons. The predicted octanol–water partition coefficient (Wildman–Crippen LogP) is 7.54. The largest absolute Gasteiger partial charge is 0.480 e. The minimum Gasteiger partial charge on any atom is -0.480 e. The van der Waals surface area contributed by atoms with Crippen LogP contribution in [-0.4, -0.2) is 34.7 Å². The smallest absolute Gasteiger partial charge is 0.328 e. The van der Waals surface area contributed by atoms with Gasteiger partial charge in [-0.15, -0.1) is 0 Å². The summed E-state index contributed by atoms with van der Waals surface area (Å²) in [5.41, 5.74) is 0. The van der Waals surface area contributed by atoms with E-state index in [2.05, 4.69) is 12.2 Å². The zero-order valence-electron chi connectivity index (χ0n) is 21.8. The lowest BCUT2D eigenvalue weighted by molar-refractivity contribution is -0.142. The number of amides is 1. The summed E-state index contributed by atoms with van der Waals surface area (Å²) in [7, 11) is 0. The van der Waals surface area contributed by atoms with Gasteiger partial charge >= 0.3 is 5.97 Å². The zero-order chi connectivity index (χ0) is 24.4. The van der Waals surface area contributed by atoms with Crippen molar-refractivity contribution in [2.75, 3.05) is 6.61 Å². The van der Waals surface area contributed by atoms with Gasteiger partial charge in [0.15, 0.2) is 0 Å². The number of aliphatic hydroxyl groups is 1. The minimum atomic E-state index is -1.19. The van der Waals surface area contributed by atoms with Crippen LogP contribution in [0.25, 0.3) is 0 Å². The summed E-state index contributed by atoms with van der Waals surface area (Å²) in [6.45, 7) is 1.71. The van der Waals surface area contributed by atoms with E-state index in [9.17, 15) is 9.59 Å². The van der Waals surface area contributed by atoms with E-state index in [0.29, 0.717) is 6.42 Å². The number of aliphatic hydroxyl groups excluding tert-OH is 1. The van der Waals surface area contributed by atoms with Gasteiger partial charge in [-0.3, -0.25) is 4.79 Å². The molecule has 3 N–H and O–H groups in total. The first-order valence-electron chi connectivity index (χ1n) is 14.2. The fraction of sp³-hybridized carbons (Fsp3) is 0.929. The lowest BCUT2D eigenvalue weighted by atomic mass is 10.0. The molecule has 0 saturated heterocycles. The van der Waals surface area contributed by atoms with Gasteiger partial charge in [0.2, 0.25) is 5.91 Å². The molecule has 5 heteroatoms. The Morgan fingerprint density at radius 2 is 0.879 bits per heavy atom. The van der Waals surface area contributed by atoms with E-state index in [0.717, 1.165) is 19.3 Å². The van der Waals surface area contributed by atoms with E-state index in [4.69, 9.17) is 10.2 Å². The third-order valence-corrected chi connectivity index (χ3v) is 6.57. The van der Waals surface area contributed by atoms with E-state index in [-0.39, 0.29) is 5.91 Å². The Bertz CT molecular complexity index is 442. The molecular formula is C28H55NO4. The fourth-order valence-corrected chi connectivity index (χ4v) is 4.35. The number of rotatable bonds is 26. The second-order valence-corrected chi connectivity index (χ2v) is 9.82. The van der Waals surface area contributed by atoms with Gasteiger partial charge in [-0.25, -0.2) is 4.79 Å². The van der Waals surface area contributed by atoms with Crippen molar-refractivity contribution in [1.29, 1.82) is 0 Å². The lowest BCUT2D eigenvalue weighted by Crippen LogP contribution is -2.43. The molecular weight excluding hydrogens is 414 g/mol. The zero-order valence-corrected chi connectivity index (χ0v) is 21.8. The van der Waals surface area contributed by atoms with Gasteiger partial charge < -0.3 is 15.5 Å². The fourth-order valence-electron chi connectivity index (χ4n) is 4.35. The number of carboxylic acids is 1. The van der Waals surface area contributed by atoms with Gasteiger partial charge in [-0.05, 0) is 6.42 Å². The predicted molar refractivity (Wildman–Crippen MR) is 139 cm³/mol. The molecule has 0 saturated carbocycles. The lowest BCUT2D eigenvalue weighted by Gasteiger charge is -2.11. The Balaban J connectivity index is 3.18. The number of carbonyl (C=O) groups is 2. The van der Waals surface area contributed by atoms with Crippen LogP contribution in [0.2, 0.25) is 0 Å². The summed E-state index contributed by atoms with van der Waals surface area (Å²) in [6.07, 6.45) is 29.7. The summed E-state index contributed by atoms with van der Waals surface area (Å²) >= 11 is 0. The van der Waals surface area contributed by atoms with Crippen LogP contribution >= 0.6 is 0 Å². The molecule has 0 aliphatic carbocycles. The Morgan fingerprint density at radius 3 is 1.15 bits per heavy atom. The molecule has 0 aromatic carbocycles. The maximum absolute atomic E-state index is 11.6. The van der Waals surface area contributed by atoms with Gasteiger partial charge in [0, 0.05) is 6.42 Å². The highest BCUT2D eigenvalue weighted by molar-refractivity contribution is 5.83. The van der Waals surface area contributed by atoms with Crippen LogP contribution in [0.4, 0.5) is 0 Å². The van der Waals surface area contributed by atoms with Crippen LogP contribution in [0.3, 0.4) is 0 Å². The Morgan fingerprint density at radius 1 is 0.576 bits per heavy atom. The first-order valence-corrected chi connectivity index (χ1v) is 14.2. The number of carboxylic acid groups (broad SMARTS) is 1. The Labute approximate surface area is 204 Å². The van der Waals surface area contributed by atoms with Crippen molar-refractivity contribution < 1.29 is 19.8 Å². The number of nitrogens with one attached hydrogen (secondary N) is 1. The molecule has 0 rings (SSSR count). The van der Waals surface area contributed by atoms with Gasteiger partial charge in [-0.2, -0.15) is 0 Å². The van der Waals surface area contributed by atoms with E-state index in [1.165, 1.54) is 122 Å². The Kier molecular flexibility index (Phi) is 24.7. The Hall–Kier alpha value is -1.10. The summed E-state index contributed by atoms with van der Waals surface area (Å²) < 4.78 is 0. The average molecular weight is 470 g/mol. The summed E-state index contributed by atoms with van der Waals surface area (Å²) in [5.74, 6) is -1.48.